The monoisotopic (exact) mass is 178 g/mol. The fourth-order valence-corrected chi connectivity index (χ4v) is 1.27. The van der Waals surface area contributed by atoms with Crippen LogP contribution in [0.15, 0.2) is 0 Å². The molecule has 1 aliphatic rings. The van der Waals surface area contributed by atoms with Crippen molar-refractivity contribution in [2.24, 2.45) is 0 Å². The van der Waals surface area contributed by atoms with E-state index >= 15 is 0 Å². The molecule has 0 saturated carbocycles. The third-order valence-corrected chi connectivity index (χ3v) is 1.96. The quantitative estimate of drug-likeness (QED) is 0.477. The molecule has 1 fully saturated rings. The minimum atomic E-state index is -1.09. The van der Waals surface area contributed by atoms with Gasteiger partial charge >= 0.3 is 0 Å². The Bertz CT molecular complexity index is 149. The number of hydrogen-bond donors (Lipinski definition) is 3. The summed E-state index contributed by atoms with van der Waals surface area (Å²) in [5, 5.41) is 27.7. The molecule has 0 radical (unpaired) electrons. The van der Waals surface area contributed by atoms with Crippen molar-refractivity contribution in [2.75, 3.05) is 7.11 Å². The standard InChI is InChI=1S/C7H14O5/c1-3(8)6-4(9)5(10)7(11-2)12-6/h3-10H,1-2H3/t3-,4-,5-,6+,7+/m1/s1. The van der Waals surface area contributed by atoms with Crippen LogP contribution < -0.4 is 0 Å². The number of aliphatic hydroxyl groups excluding tert-OH is 3. The molecule has 1 heterocycles. The zero-order chi connectivity index (χ0) is 9.30. The second-order valence-corrected chi connectivity index (χ2v) is 2.93. The van der Waals surface area contributed by atoms with E-state index in [1.54, 1.807) is 0 Å². The summed E-state index contributed by atoms with van der Waals surface area (Å²) in [6.07, 6.45) is -4.62. The molecule has 3 N–H and O–H groups in total. The predicted octanol–water partition coefficient (Wildman–Crippen LogP) is -1.54. The highest BCUT2D eigenvalue weighted by molar-refractivity contribution is 4.89. The summed E-state index contributed by atoms with van der Waals surface area (Å²) in [6, 6.07) is 0. The molecule has 0 aliphatic carbocycles. The van der Waals surface area contributed by atoms with E-state index < -0.39 is 30.7 Å². The highest BCUT2D eigenvalue weighted by Crippen LogP contribution is 2.23. The molecule has 0 aromatic rings. The summed E-state index contributed by atoms with van der Waals surface area (Å²) in [7, 11) is 1.37. The van der Waals surface area contributed by atoms with Gasteiger partial charge in [-0.2, -0.15) is 0 Å². The lowest BCUT2D eigenvalue weighted by Crippen LogP contribution is -2.37. The Labute approximate surface area is 70.5 Å². The molecule has 5 atom stereocenters. The average Bonchev–Trinajstić information content (AvgIpc) is 2.30. The van der Waals surface area contributed by atoms with E-state index in [1.807, 2.05) is 0 Å². The second kappa shape index (κ2) is 3.68. The summed E-state index contributed by atoms with van der Waals surface area (Å²) in [5.41, 5.74) is 0. The van der Waals surface area contributed by atoms with Crippen molar-refractivity contribution in [2.45, 2.75) is 37.6 Å². The van der Waals surface area contributed by atoms with E-state index in [1.165, 1.54) is 14.0 Å². The van der Waals surface area contributed by atoms with Gasteiger partial charge in [0, 0.05) is 7.11 Å². The molecule has 0 amide bonds. The van der Waals surface area contributed by atoms with E-state index in [4.69, 9.17) is 14.6 Å². The number of methoxy groups -OCH3 is 1. The van der Waals surface area contributed by atoms with Crippen LogP contribution in [0.25, 0.3) is 0 Å². The van der Waals surface area contributed by atoms with Crippen molar-refractivity contribution < 1.29 is 24.8 Å². The average molecular weight is 178 g/mol. The van der Waals surface area contributed by atoms with Gasteiger partial charge in [-0.15, -0.1) is 0 Å². The van der Waals surface area contributed by atoms with Gasteiger partial charge in [0.05, 0.1) is 6.10 Å². The molecule has 0 aromatic heterocycles. The van der Waals surface area contributed by atoms with Crippen molar-refractivity contribution in [3.05, 3.63) is 0 Å². The summed E-state index contributed by atoms with van der Waals surface area (Å²) in [4.78, 5) is 0. The molecular formula is C7H14O5. The highest BCUT2D eigenvalue weighted by atomic mass is 16.7. The number of aliphatic hydroxyl groups is 3. The number of hydrogen-bond acceptors (Lipinski definition) is 5. The number of ether oxygens (including phenoxy) is 2. The first-order valence-corrected chi connectivity index (χ1v) is 3.80. The third-order valence-electron chi connectivity index (χ3n) is 1.96. The van der Waals surface area contributed by atoms with Crippen LogP contribution >= 0.6 is 0 Å². The van der Waals surface area contributed by atoms with Gasteiger partial charge in [0.25, 0.3) is 0 Å². The molecule has 5 heteroatoms. The van der Waals surface area contributed by atoms with E-state index in [0.717, 1.165) is 0 Å². The van der Waals surface area contributed by atoms with Crippen LogP contribution in [-0.2, 0) is 9.47 Å². The molecule has 0 unspecified atom stereocenters. The SMILES string of the molecule is CO[C@H]1O[C@@H]([C@@H](C)O)[C@H](O)[C@H]1O. The molecule has 5 nitrogen and oxygen atoms in total. The lowest BCUT2D eigenvalue weighted by molar-refractivity contribution is -0.161. The minimum Gasteiger partial charge on any atom is -0.391 e. The van der Waals surface area contributed by atoms with Crippen LogP contribution in [0.4, 0.5) is 0 Å². The van der Waals surface area contributed by atoms with Crippen LogP contribution in [0.5, 0.6) is 0 Å². The summed E-state index contributed by atoms with van der Waals surface area (Å²) in [5.74, 6) is 0. The maximum absolute atomic E-state index is 9.31. The molecule has 1 rings (SSSR count). The van der Waals surface area contributed by atoms with E-state index in [0.29, 0.717) is 0 Å². The van der Waals surface area contributed by atoms with Gasteiger partial charge in [-0.3, -0.25) is 0 Å². The van der Waals surface area contributed by atoms with Crippen molar-refractivity contribution in [1.29, 1.82) is 0 Å². The highest BCUT2D eigenvalue weighted by Gasteiger charge is 2.44. The summed E-state index contributed by atoms with van der Waals surface area (Å²) >= 11 is 0. The Morgan fingerprint density at radius 3 is 2.17 bits per heavy atom. The molecular weight excluding hydrogens is 164 g/mol. The van der Waals surface area contributed by atoms with Gasteiger partial charge < -0.3 is 24.8 Å². The first kappa shape index (κ1) is 9.88. The Morgan fingerprint density at radius 1 is 1.33 bits per heavy atom. The van der Waals surface area contributed by atoms with Gasteiger partial charge in [0.1, 0.15) is 18.3 Å². The van der Waals surface area contributed by atoms with Crippen molar-refractivity contribution in [3.8, 4) is 0 Å². The lowest BCUT2D eigenvalue weighted by Gasteiger charge is -2.16. The Kier molecular flexibility index (Phi) is 3.03. The van der Waals surface area contributed by atoms with Gasteiger partial charge in [0.2, 0.25) is 0 Å². The normalized spacial score (nSPS) is 44.8. The molecule has 1 saturated heterocycles. The van der Waals surface area contributed by atoms with Crippen LogP contribution in [0.3, 0.4) is 0 Å². The molecule has 0 spiro atoms. The molecule has 12 heavy (non-hydrogen) atoms. The van der Waals surface area contributed by atoms with Crippen molar-refractivity contribution in [3.63, 3.8) is 0 Å². The van der Waals surface area contributed by atoms with E-state index in [-0.39, 0.29) is 0 Å². The largest absolute Gasteiger partial charge is 0.391 e. The fourth-order valence-electron chi connectivity index (χ4n) is 1.27. The minimum absolute atomic E-state index is 0.773. The zero-order valence-electron chi connectivity index (χ0n) is 7.04. The van der Waals surface area contributed by atoms with Crippen LogP contribution in [0, 0.1) is 0 Å². The van der Waals surface area contributed by atoms with Crippen molar-refractivity contribution in [1.82, 2.24) is 0 Å². The van der Waals surface area contributed by atoms with Gasteiger partial charge in [0.15, 0.2) is 6.29 Å². The van der Waals surface area contributed by atoms with Crippen LogP contribution in [0.1, 0.15) is 6.92 Å². The van der Waals surface area contributed by atoms with Gasteiger partial charge in [-0.1, -0.05) is 0 Å². The zero-order valence-corrected chi connectivity index (χ0v) is 7.04. The van der Waals surface area contributed by atoms with Gasteiger partial charge in [-0.05, 0) is 6.92 Å². The topological polar surface area (TPSA) is 79.2 Å². The summed E-state index contributed by atoms with van der Waals surface area (Å²) in [6.45, 7) is 1.48. The maximum Gasteiger partial charge on any atom is 0.186 e. The molecule has 1 aliphatic heterocycles. The van der Waals surface area contributed by atoms with Crippen LogP contribution in [-0.4, -0.2) is 53.1 Å². The smallest absolute Gasteiger partial charge is 0.186 e. The lowest BCUT2D eigenvalue weighted by atomic mass is 10.1. The molecule has 72 valence electrons. The maximum atomic E-state index is 9.31. The van der Waals surface area contributed by atoms with E-state index in [2.05, 4.69) is 0 Å². The van der Waals surface area contributed by atoms with Crippen molar-refractivity contribution >= 4 is 0 Å². The first-order valence-electron chi connectivity index (χ1n) is 3.80. The Hall–Kier alpha value is -0.200. The van der Waals surface area contributed by atoms with Gasteiger partial charge in [-0.25, -0.2) is 0 Å². The number of rotatable bonds is 2. The fraction of sp³-hybridized carbons (Fsp3) is 1.00. The van der Waals surface area contributed by atoms with E-state index in [9.17, 15) is 10.2 Å². The second-order valence-electron chi connectivity index (χ2n) is 2.93. The third kappa shape index (κ3) is 1.60. The van der Waals surface area contributed by atoms with Crippen LogP contribution in [0.2, 0.25) is 0 Å². The predicted molar refractivity (Wildman–Crippen MR) is 39.4 cm³/mol. The molecule has 0 bridgehead atoms. The Balaban J connectivity index is 2.60. The Morgan fingerprint density at radius 2 is 1.92 bits per heavy atom. The summed E-state index contributed by atoms with van der Waals surface area (Å²) < 4.78 is 9.76. The molecule has 0 aromatic carbocycles. The first-order chi connectivity index (χ1) is 5.57.